The average Bonchev–Trinajstić information content (AvgIpc) is 2.39. The lowest BCUT2D eigenvalue weighted by Gasteiger charge is -2.34. The number of pyridine rings is 1. The molecule has 2 heterocycles. The van der Waals surface area contributed by atoms with Crippen molar-refractivity contribution >= 4 is 16.1 Å². The second kappa shape index (κ2) is 5.78. The van der Waals surface area contributed by atoms with E-state index in [2.05, 4.69) is 9.98 Å². The molecule has 2 rings (SSSR count). The smallest absolute Gasteiger partial charge is 0.244 e. The number of rotatable bonds is 3. The lowest BCUT2D eigenvalue weighted by Crippen LogP contribution is -2.45. The molecule has 2 unspecified atom stereocenters. The maximum Gasteiger partial charge on any atom is 0.244 e. The third-order valence-corrected chi connectivity index (χ3v) is 5.29. The van der Waals surface area contributed by atoms with Crippen molar-refractivity contribution in [2.24, 2.45) is 4.99 Å². The van der Waals surface area contributed by atoms with Gasteiger partial charge in [-0.05, 0) is 25.8 Å². The minimum Gasteiger partial charge on any atom is -0.260 e. The Morgan fingerprint density at radius 3 is 2.85 bits per heavy atom. The van der Waals surface area contributed by atoms with Crippen LogP contribution in [0.4, 0.5) is 4.39 Å². The highest BCUT2D eigenvalue weighted by Crippen LogP contribution is 2.26. The van der Waals surface area contributed by atoms with Crippen LogP contribution in [0.3, 0.4) is 0 Å². The first kappa shape index (κ1) is 14.8. The van der Waals surface area contributed by atoms with Crippen LogP contribution in [-0.2, 0) is 14.8 Å². The van der Waals surface area contributed by atoms with Crippen LogP contribution in [0.2, 0.25) is 0 Å². The monoisotopic (exact) mass is 299 g/mol. The number of aromatic nitrogens is 1. The Balaban J connectivity index is 2.25. The molecular weight excluding hydrogens is 285 g/mol. The van der Waals surface area contributed by atoms with Crippen molar-refractivity contribution in [3.8, 4) is 0 Å². The zero-order valence-corrected chi connectivity index (χ0v) is 11.7. The van der Waals surface area contributed by atoms with Gasteiger partial charge in [0.15, 0.2) is 0 Å². The van der Waals surface area contributed by atoms with E-state index in [0.29, 0.717) is 12.8 Å². The van der Waals surface area contributed by atoms with Gasteiger partial charge in [-0.3, -0.25) is 4.98 Å². The summed E-state index contributed by atoms with van der Waals surface area (Å²) in [6, 6.07) is 0.420. The molecule has 0 saturated carbocycles. The van der Waals surface area contributed by atoms with Crippen molar-refractivity contribution in [1.82, 2.24) is 9.29 Å². The molecule has 20 heavy (non-hydrogen) atoms. The van der Waals surface area contributed by atoms with Crippen molar-refractivity contribution in [2.45, 2.75) is 36.7 Å². The van der Waals surface area contributed by atoms with Crippen LogP contribution in [0.15, 0.2) is 28.3 Å². The first-order valence-corrected chi connectivity index (χ1v) is 7.58. The molecule has 0 spiro atoms. The first-order chi connectivity index (χ1) is 9.45. The molecule has 0 N–H and O–H groups in total. The van der Waals surface area contributed by atoms with Crippen LogP contribution in [0, 0.1) is 5.82 Å². The molecule has 0 radical (unpaired) electrons. The van der Waals surface area contributed by atoms with Crippen LogP contribution >= 0.6 is 0 Å². The number of hydrogen-bond acceptors (Lipinski definition) is 5. The zero-order valence-electron chi connectivity index (χ0n) is 10.9. The van der Waals surface area contributed by atoms with Gasteiger partial charge in [0.25, 0.3) is 0 Å². The van der Waals surface area contributed by atoms with E-state index in [9.17, 15) is 17.6 Å². The van der Waals surface area contributed by atoms with Gasteiger partial charge < -0.3 is 0 Å². The maximum atomic E-state index is 13.1. The quantitative estimate of drug-likeness (QED) is 0.618. The van der Waals surface area contributed by atoms with E-state index in [1.165, 1.54) is 10.4 Å². The Bertz CT molecular complexity index is 643. The van der Waals surface area contributed by atoms with E-state index in [1.807, 2.05) is 0 Å². The van der Waals surface area contributed by atoms with E-state index in [4.69, 9.17) is 0 Å². The summed E-state index contributed by atoms with van der Waals surface area (Å²) in [7, 11) is -3.78. The Morgan fingerprint density at radius 1 is 1.50 bits per heavy atom. The van der Waals surface area contributed by atoms with E-state index < -0.39 is 15.8 Å². The second-order valence-corrected chi connectivity index (χ2v) is 6.59. The SMILES string of the molecule is CC1CC(N=C=O)CCN1S(=O)(=O)c1cncc(F)c1. The van der Waals surface area contributed by atoms with Gasteiger partial charge in [-0.2, -0.15) is 4.31 Å². The third kappa shape index (κ3) is 2.92. The molecule has 1 saturated heterocycles. The molecule has 0 bridgehead atoms. The largest absolute Gasteiger partial charge is 0.260 e. The molecule has 1 aliphatic heterocycles. The van der Waals surface area contributed by atoms with Crippen LogP contribution in [-0.4, -0.2) is 42.4 Å². The van der Waals surface area contributed by atoms with E-state index in [0.717, 1.165) is 18.5 Å². The summed E-state index contributed by atoms with van der Waals surface area (Å²) in [5, 5.41) is 0. The van der Waals surface area contributed by atoms with Gasteiger partial charge in [-0.1, -0.05) is 0 Å². The Morgan fingerprint density at radius 2 is 2.25 bits per heavy atom. The highest BCUT2D eigenvalue weighted by Gasteiger charge is 2.34. The van der Waals surface area contributed by atoms with Crippen molar-refractivity contribution in [3.05, 3.63) is 24.3 Å². The lowest BCUT2D eigenvalue weighted by molar-refractivity contribution is 0.248. The number of hydrogen-bond donors (Lipinski definition) is 0. The van der Waals surface area contributed by atoms with Crippen LogP contribution in [0.1, 0.15) is 19.8 Å². The summed E-state index contributed by atoms with van der Waals surface area (Å²) in [6.07, 6.45) is 4.46. The van der Waals surface area contributed by atoms with E-state index in [-0.39, 0.29) is 23.5 Å². The summed E-state index contributed by atoms with van der Waals surface area (Å²) in [5.74, 6) is -0.695. The standard InChI is InChI=1S/C12H14FN3O3S/c1-9-4-11(15-8-17)2-3-16(9)20(18,19)12-5-10(13)6-14-7-12/h5-7,9,11H,2-4H2,1H3. The van der Waals surface area contributed by atoms with Crippen LogP contribution in [0.5, 0.6) is 0 Å². The Kier molecular flexibility index (Phi) is 4.27. The number of halogens is 1. The molecule has 0 aromatic carbocycles. The van der Waals surface area contributed by atoms with Gasteiger partial charge in [-0.15, -0.1) is 0 Å². The van der Waals surface area contributed by atoms with Crippen LogP contribution < -0.4 is 0 Å². The minimum absolute atomic E-state index is 0.165. The molecule has 1 aromatic rings. The predicted molar refractivity (Wildman–Crippen MR) is 68.7 cm³/mol. The fraction of sp³-hybridized carbons (Fsp3) is 0.500. The third-order valence-electron chi connectivity index (χ3n) is 3.31. The number of carbonyl (C=O) groups excluding carboxylic acids is 1. The average molecular weight is 299 g/mol. The topological polar surface area (TPSA) is 79.7 Å². The maximum absolute atomic E-state index is 13.1. The second-order valence-electron chi connectivity index (χ2n) is 4.70. The van der Waals surface area contributed by atoms with Gasteiger partial charge in [0.05, 0.1) is 12.2 Å². The highest BCUT2D eigenvalue weighted by atomic mass is 32.2. The number of nitrogens with zero attached hydrogens (tertiary/aromatic N) is 3. The van der Waals surface area contributed by atoms with Crippen LogP contribution in [0.25, 0.3) is 0 Å². The molecule has 2 atom stereocenters. The fourth-order valence-corrected chi connectivity index (χ4v) is 3.98. The highest BCUT2D eigenvalue weighted by molar-refractivity contribution is 7.89. The van der Waals surface area contributed by atoms with Gasteiger partial charge in [0.2, 0.25) is 16.1 Å². The summed E-state index contributed by atoms with van der Waals surface area (Å²) in [4.78, 5) is 17.3. The molecule has 1 aromatic heterocycles. The summed E-state index contributed by atoms with van der Waals surface area (Å²) in [5.41, 5.74) is 0. The Hall–Kier alpha value is -1.63. The van der Waals surface area contributed by atoms with Crippen molar-refractivity contribution in [2.75, 3.05) is 6.54 Å². The molecule has 0 amide bonds. The number of sulfonamides is 1. The Labute approximate surface area is 116 Å². The molecule has 1 aliphatic rings. The summed E-state index contributed by atoms with van der Waals surface area (Å²) >= 11 is 0. The summed E-state index contributed by atoms with van der Waals surface area (Å²) in [6.45, 7) is 1.96. The molecule has 0 aliphatic carbocycles. The fourth-order valence-electron chi connectivity index (χ4n) is 2.34. The van der Waals surface area contributed by atoms with Crippen molar-refractivity contribution < 1.29 is 17.6 Å². The normalized spacial score (nSPS) is 24.1. The number of aliphatic imine (C=N–C) groups is 1. The minimum atomic E-state index is -3.78. The molecule has 108 valence electrons. The van der Waals surface area contributed by atoms with Gasteiger partial charge >= 0.3 is 0 Å². The van der Waals surface area contributed by atoms with Crippen molar-refractivity contribution in [1.29, 1.82) is 0 Å². The van der Waals surface area contributed by atoms with Gasteiger partial charge in [0.1, 0.15) is 10.7 Å². The predicted octanol–water partition coefficient (Wildman–Crippen LogP) is 1.10. The van der Waals surface area contributed by atoms with E-state index >= 15 is 0 Å². The number of piperidine rings is 1. The molecule has 8 heteroatoms. The molecule has 1 fully saturated rings. The van der Waals surface area contributed by atoms with Gasteiger partial charge in [0, 0.05) is 18.8 Å². The molecular formula is C12H14FN3O3S. The first-order valence-electron chi connectivity index (χ1n) is 6.14. The van der Waals surface area contributed by atoms with Gasteiger partial charge in [-0.25, -0.2) is 22.6 Å². The van der Waals surface area contributed by atoms with Crippen molar-refractivity contribution in [3.63, 3.8) is 0 Å². The molecule has 6 nitrogen and oxygen atoms in total. The number of isocyanates is 1. The summed E-state index contributed by atoms with van der Waals surface area (Å²) < 4.78 is 39.3. The van der Waals surface area contributed by atoms with E-state index in [1.54, 1.807) is 6.92 Å². The zero-order chi connectivity index (χ0) is 14.8. The lowest BCUT2D eigenvalue weighted by atomic mass is 10.0.